The van der Waals surface area contributed by atoms with Gasteiger partial charge in [-0.25, -0.2) is 9.59 Å². The van der Waals surface area contributed by atoms with Crippen molar-refractivity contribution in [2.45, 2.75) is 17.5 Å². The molecule has 146 valence electrons. The number of hydrogen-bond acceptors (Lipinski definition) is 6. The molecule has 3 atom stereocenters. The fourth-order valence-electron chi connectivity index (χ4n) is 2.86. The van der Waals surface area contributed by atoms with E-state index in [0.717, 1.165) is 0 Å². The maximum absolute atomic E-state index is 12.5. The van der Waals surface area contributed by atoms with Crippen LogP contribution in [0.15, 0.2) is 73.3 Å². The summed E-state index contributed by atoms with van der Waals surface area (Å²) < 4.78 is 17.0. The molecule has 0 spiro atoms. The van der Waals surface area contributed by atoms with Crippen LogP contribution in [0.2, 0.25) is 0 Å². The Kier molecular flexibility index (Phi) is 7.28. The zero-order valence-corrected chi connectivity index (χ0v) is 16.2. The Balaban J connectivity index is 1.65. The minimum atomic E-state index is -0.513. The Bertz CT molecular complexity index is 793. The lowest BCUT2D eigenvalue weighted by molar-refractivity contribution is -0.0359. The van der Waals surface area contributed by atoms with Gasteiger partial charge in [-0.2, -0.15) is 0 Å². The van der Waals surface area contributed by atoms with Crippen LogP contribution in [0.25, 0.3) is 0 Å². The van der Waals surface area contributed by atoms with Gasteiger partial charge in [0.25, 0.3) is 0 Å². The summed E-state index contributed by atoms with van der Waals surface area (Å²) in [6.45, 7) is 4.16. The number of hydrogen-bond donors (Lipinski definition) is 0. The largest absolute Gasteiger partial charge is 0.461 e. The molecular weight excluding hydrogens is 376 g/mol. The number of esters is 2. The van der Waals surface area contributed by atoms with Gasteiger partial charge in [-0.3, -0.25) is 0 Å². The molecule has 0 N–H and O–H groups in total. The van der Waals surface area contributed by atoms with Crippen LogP contribution in [0.4, 0.5) is 0 Å². The average molecular weight is 398 g/mol. The molecule has 5 nitrogen and oxygen atoms in total. The third-order valence-electron chi connectivity index (χ3n) is 4.28. The van der Waals surface area contributed by atoms with E-state index in [-0.39, 0.29) is 18.0 Å². The van der Waals surface area contributed by atoms with Gasteiger partial charge in [0.05, 0.1) is 23.0 Å². The lowest BCUT2D eigenvalue weighted by atomic mass is 10.1. The third kappa shape index (κ3) is 5.24. The van der Waals surface area contributed by atoms with Gasteiger partial charge in [-0.05, 0) is 24.3 Å². The molecule has 0 amide bonds. The fraction of sp³-hybridized carbons (Fsp3) is 0.273. The highest BCUT2D eigenvalue weighted by Crippen LogP contribution is 2.32. The number of thioether (sulfide) groups is 1. The Morgan fingerprint density at radius 3 is 2.21 bits per heavy atom. The predicted octanol–water partition coefficient (Wildman–Crippen LogP) is 3.76. The van der Waals surface area contributed by atoms with E-state index in [9.17, 15) is 9.59 Å². The summed E-state index contributed by atoms with van der Waals surface area (Å²) in [4.78, 5) is 24.7. The number of benzene rings is 2. The normalized spacial score (nSPS) is 21.1. The molecular formula is C22H22O5S. The van der Waals surface area contributed by atoms with E-state index in [0.29, 0.717) is 23.5 Å². The van der Waals surface area contributed by atoms with Crippen LogP contribution in [0, 0.1) is 0 Å². The summed E-state index contributed by atoms with van der Waals surface area (Å²) in [5, 5.41) is -0.199. The fourth-order valence-corrected chi connectivity index (χ4v) is 4.17. The Morgan fingerprint density at radius 1 is 1.00 bits per heavy atom. The number of carbonyl (C=O) groups excluding carboxylic acids is 2. The number of rotatable bonds is 8. The Morgan fingerprint density at radius 2 is 1.61 bits per heavy atom. The van der Waals surface area contributed by atoms with Crippen LogP contribution in [0.3, 0.4) is 0 Å². The second-order valence-corrected chi connectivity index (χ2v) is 7.50. The molecule has 6 heteroatoms. The van der Waals surface area contributed by atoms with Gasteiger partial charge in [-0.1, -0.05) is 42.5 Å². The zero-order chi connectivity index (χ0) is 19.8. The van der Waals surface area contributed by atoms with Gasteiger partial charge < -0.3 is 14.2 Å². The molecule has 1 heterocycles. The van der Waals surface area contributed by atoms with Crippen LogP contribution in [0.5, 0.6) is 0 Å². The number of ether oxygens (including phenoxy) is 3. The third-order valence-corrected chi connectivity index (χ3v) is 5.63. The highest BCUT2D eigenvalue weighted by atomic mass is 32.2. The van der Waals surface area contributed by atoms with Crippen LogP contribution in [-0.2, 0) is 14.2 Å². The van der Waals surface area contributed by atoms with E-state index in [4.69, 9.17) is 14.2 Å². The zero-order valence-electron chi connectivity index (χ0n) is 15.4. The van der Waals surface area contributed by atoms with E-state index in [1.807, 2.05) is 12.1 Å². The number of carbonyl (C=O) groups is 2. The molecule has 0 saturated carbocycles. The quantitative estimate of drug-likeness (QED) is 0.498. The van der Waals surface area contributed by atoms with Crippen LogP contribution >= 0.6 is 11.8 Å². The van der Waals surface area contributed by atoms with Gasteiger partial charge in [0.15, 0.2) is 0 Å². The van der Waals surface area contributed by atoms with Crippen LogP contribution in [-0.4, -0.2) is 48.4 Å². The van der Waals surface area contributed by atoms with E-state index >= 15 is 0 Å². The highest BCUT2D eigenvalue weighted by Gasteiger charge is 2.41. The standard InChI is InChI=1S/C22H22O5S/c1-2-13-25-18-15-28-19(14-26-21(23)16-9-5-3-6-10-16)20(18)27-22(24)17-11-7-4-8-12-17/h2-12,18-20H,1,13-15H2/t18-,19-,20+/m1/s1. The van der Waals surface area contributed by atoms with Crippen molar-refractivity contribution in [3.63, 3.8) is 0 Å². The average Bonchev–Trinajstić information content (AvgIpc) is 3.13. The maximum Gasteiger partial charge on any atom is 0.338 e. The van der Waals surface area contributed by atoms with Crippen molar-refractivity contribution in [2.75, 3.05) is 19.0 Å². The molecule has 0 aliphatic carbocycles. The molecule has 0 radical (unpaired) electrons. The van der Waals surface area contributed by atoms with E-state index in [2.05, 4.69) is 6.58 Å². The van der Waals surface area contributed by atoms with Gasteiger partial charge in [-0.15, -0.1) is 18.3 Å². The minimum absolute atomic E-state index is 0.138. The lowest BCUT2D eigenvalue weighted by Gasteiger charge is -2.24. The Labute approximate surface area is 168 Å². The van der Waals surface area contributed by atoms with Crippen LogP contribution in [0.1, 0.15) is 20.7 Å². The molecule has 2 aromatic carbocycles. The van der Waals surface area contributed by atoms with Crippen molar-refractivity contribution in [3.05, 3.63) is 84.4 Å². The first kappa shape index (κ1) is 20.2. The molecule has 0 aromatic heterocycles. The maximum atomic E-state index is 12.5. The minimum Gasteiger partial charge on any atom is -0.461 e. The molecule has 1 fully saturated rings. The lowest BCUT2D eigenvalue weighted by Crippen LogP contribution is -2.39. The van der Waals surface area contributed by atoms with E-state index < -0.39 is 18.0 Å². The first-order valence-electron chi connectivity index (χ1n) is 9.01. The second kappa shape index (κ2) is 10.1. The molecule has 1 aliphatic rings. The van der Waals surface area contributed by atoms with Crippen LogP contribution < -0.4 is 0 Å². The van der Waals surface area contributed by atoms with Gasteiger partial charge in [0.2, 0.25) is 0 Å². The summed E-state index contributed by atoms with van der Waals surface area (Å²) >= 11 is 1.57. The Hall–Kier alpha value is -2.57. The topological polar surface area (TPSA) is 61.8 Å². The van der Waals surface area contributed by atoms with Crippen molar-refractivity contribution < 1.29 is 23.8 Å². The molecule has 0 unspecified atom stereocenters. The molecule has 3 rings (SSSR count). The summed E-state index contributed by atoms with van der Waals surface area (Å²) in [7, 11) is 0. The first-order chi connectivity index (χ1) is 13.7. The summed E-state index contributed by atoms with van der Waals surface area (Å²) in [5.41, 5.74) is 0.963. The first-order valence-corrected chi connectivity index (χ1v) is 10.1. The van der Waals surface area contributed by atoms with E-state index in [1.54, 1.807) is 66.4 Å². The van der Waals surface area contributed by atoms with Gasteiger partial charge >= 0.3 is 11.9 Å². The molecule has 2 aromatic rings. The van der Waals surface area contributed by atoms with Crippen molar-refractivity contribution in [2.24, 2.45) is 0 Å². The van der Waals surface area contributed by atoms with Crippen molar-refractivity contribution in [1.82, 2.24) is 0 Å². The molecule has 1 saturated heterocycles. The van der Waals surface area contributed by atoms with Gasteiger partial charge in [0.1, 0.15) is 18.8 Å². The summed E-state index contributed by atoms with van der Waals surface area (Å²) in [5.74, 6) is -0.168. The van der Waals surface area contributed by atoms with Crippen molar-refractivity contribution in [1.29, 1.82) is 0 Å². The SMILES string of the molecule is C=CCO[C@@H]1CS[C@H](COC(=O)c2ccccc2)[C@H]1OC(=O)c1ccccc1. The monoisotopic (exact) mass is 398 g/mol. The smallest absolute Gasteiger partial charge is 0.338 e. The predicted molar refractivity (Wildman–Crippen MR) is 109 cm³/mol. The summed E-state index contributed by atoms with van der Waals surface area (Å²) in [6, 6.07) is 17.6. The van der Waals surface area contributed by atoms with E-state index in [1.165, 1.54) is 0 Å². The van der Waals surface area contributed by atoms with Crippen molar-refractivity contribution >= 4 is 23.7 Å². The molecule has 0 bridgehead atoms. The molecule has 1 aliphatic heterocycles. The summed E-state index contributed by atoms with van der Waals surface area (Å²) in [6.07, 6.45) is 0.862. The highest BCUT2D eigenvalue weighted by molar-refractivity contribution is 8.00. The van der Waals surface area contributed by atoms with Crippen molar-refractivity contribution in [3.8, 4) is 0 Å². The second-order valence-electron chi connectivity index (χ2n) is 6.23. The van der Waals surface area contributed by atoms with Gasteiger partial charge in [0, 0.05) is 5.75 Å². The molecule has 28 heavy (non-hydrogen) atoms.